The number of hydrogen-bond acceptors (Lipinski definition) is 2. The maximum Gasteiger partial charge on any atom is 0.127 e. The van der Waals surface area contributed by atoms with Crippen LogP contribution in [0.2, 0.25) is 0 Å². The molecule has 0 amide bonds. The fraction of sp³-hybridized carbons (Fsp3) is 0.500. The Hall–Kier alpha value is -1.00. The second-order valence-electron chi connectivity index (χ2n) is 4.46. The van der Waals surface area contributed by atoms with Gasteiger partial charge in [-0.3, -0.25) is 4.90 Å². The molecule has 0 bridgehead atoms. The lowest BCUT2D eigenvalue weighted by Crippen LogP contribution is -2.60. The largest absolute Gasteiger partial charge is 0.387 e. The summed E-state index contributed by atoms with van der Waals surface area (Å²) < 4.78 is 26.2. The zero-order valence-corrected chi connectivity index (χ0v) is 9.21. The molecule has 1 saturated heterocycles. The fourth-order valence-corrected chi connectivity index (χ4v) is 2.03. The molecular weight excluding hydrogens is 212 g/mol. The van der Waals surface area contributed by atoms with Crippen LogP contribution >= 0.6 is 0 Å². The Labute approximate surface area is 93.5 Å². The van der Waals surface area contributed by atoms with Crippen molar-refractivity contribution in [2.45, 2.75) is 25.5 Å². The first kappa shape index (κ1) is 11.5. The molecule has 1 aliphatic heterocycles. The van der Waals surface area contributed by atoms with E-state index in [9.17, 15) is 13.9 Å². The molecule has 0 radical (unpaired) electrons. The summed E-state index contributed by atoms with van der Waals surface area (Å²) in [5, 5.41) is 9.78. The molecule has 0 unspecified atom stereocenters. The quantitative estimate of drug-likeness (QED) is 0.852. The van der Waals surface area contributed by atoms with E-state index in [1.54, 1.807) is 0 Å². The maximum atomic E-state index is 13.3. The smallest absolute Gasteiger partial charge is 0.127 e. The monoisotopic (exact) mass is 227 g/mol. The van der Waals surface area contributed by atoms with Crippen LogP contribution in [0.1, 0.15) is 18.9 Å². The van der Waals surface area contributed by atoms with Gasteiger partial charge in [0.2, 0.25) is 0 Å². The zero-order valence-electron chi connectivity index (χ0n) is 9.21. The lowest BCUT2D eigenvalue weighted by Gasteiger charge is -2.46. The third kappa shape index (κ3) is 2.23. The Balaban J connectivity index is 1.99. The molecule has 1 aromatic rings. The molecule has 4 heteroatoms. The number of rotatable bonds is 3. The van der Waals surface area contributed by atoms with Gasteiger partial charge in [0.05, 0.1) is 5.60 Å². The Morgan fingerprint density at radius 3 is 2.69 bits per heavy atom. The fourth-order valence-electron chi connectivity index (χ4n) is 2.03. The van der Waals surface area contributed by atoms with Gasteiger partial charge in [-0.1, -0.05) is 6.92 Å². The number of β-amino-alcohol motifs (C(OH)–C–C–N with tert-alkyl or cyclic N) is 1. The highest BCUT2D eigenvalue weighted by molar-refractivity contribution is 5.19. The van der Waals surface area contributed by atoms with Gasteiger partial charge >= 0.3 is 0 Å². The first-order valence-electron chi connectivity index (χ1n) is 5.41. The molecule has 1 aliphatic rings. The van der Waals surface area contributed by atoms with Crippen molar-refractivity contribution in [3.8, 4) is 0 Å². The SMILES string of the molecule is CCC1(O)CN(Cc2cc(F)ccc2F)C1. The first-order valence-corrected chi connectivity index (χ1v) is 5.41. The molecule has 0 aromatic heterocycles. The third-order valence-electron chi connectivity index (χ3n) is 3.10. The second kappa shape index (κ2) is 4.11. The molecular formula is C12H15F2NO. The van der Waals surface area contributed by atoms with E-state index in [2.05, 4.69) is 0 Å². The predicted molar refractivity (Wildman–Crippen MR) is 56.9 cm³/mol. The number of benzene rings is 1. The van der Waals surface area contributed by atoms with Gasteiger partial charge in [0.25, 0.3) is 0 Å². The van der Waals surface area contributed by atoms with Gasteiger partial charge in [-0.2, -0.15) is 0 Å². The molecule has 2 nitrogen and oxygen atoms in total. The number of aliphatic hydroxyl groups is 1. The predicted octanol–water partition coefficient (Wildman–Crippen LogP) is 1.92. The standard InChI is InChI=1S/C12H15F2NO/c1-2-12(16)7-15(8-12)6-9-5-10(13)3-4-11(9)14/h3-5,16H,2,6-8H2,1H3. The summed E-state index contributed by atoms with van der Waals surface area (Å²) in [6.45, 7) is 3.32. The van der Waals surface area contributed by atoms with Crippen molar-refractivity contribution in [1.82, 2.24) is 4.90 Å². The lowest BCUT2D eigenvalue weighted by molar-refractivity contribution is -0.103. The Morgan fingerprint density at radius 1 is 1.38 bits per heavy atom. The Bertz CT molecular complexity index is 389. The summed E-state index contributed by atoms with van der Waals surface area (Å²) in [6, 6.07) is 3.45. The number of halogens is 2. The average Bonchev–Trinajstić information content (AvgIpc) is 2.21. The molecule has 0 atom stereocenters. The average molecular weight is 227 g/mol. The summed E-state index contributed by atoms with van der Waals surface area (Å²) in [7, 11) is 0. The van der Waals surface area contributed by atoms with Crippen LogP contribution in [0, 0.1) is 11.6 Å². The van der Waals surface area contributed by atoms with Crippen LogP contribution < -0.4 is 0 Å². The van der Waals surface area contributed by atoms with E-state index in [0.29, 0.717) is 31.6 Å². The molecule has 1 N–H and O–H groups in total. The normalized spacial score (nSPS) is 19.5. The molecule has 16 heavy (non-hydrogen) atoms. The maximum absolute atomic E-state index is 13.3. The van der Waals surface area contributed by atoms with Crippen molar-refractivity contribution < 1.29 is 13.9 Å². The molecule has 1 aromatic carbocycles. The minimum atomic E-state index is -0.635. The Morgan fingerprint density at radius 2 is 2.06 bits per heavy atom. The number of likely N-dealkylation sites (tertiary alicyclic amines) is 1. The molecule has 0 saturated carbocycles. The summed E-state index contributed by atoms with van der Waals surface area (Å²) in [5.74, 6) is -0.823. The van der Waals surface area contributed by atoms with Gasteiger partial charge in [0, 0.05) is 25.2 Å². The van der Waals surface area contributed by atoms with Gasteiger partial charge < -0.3 is 5.11 Å². The van der Waals surface area contributed by atoms with Crippen molar-refractivity contribution in [1.29, 1.82) is 0 Å². The van der Waals surface area contributed by atoms with Crippen LogP contribution in [0.4, 0.5) is 8.78 Å². The summed E-state index contributed by atoms with van der Waals surface area (Å²) in [5.41, 5.74) is -0.290. The first-order chi connectivity index (χ1) is 7.52. The van der Waals surface area contributed by atoms with E-state index in [1.165, 1.54) is 6.07 Å². The third-order valence-corrected chi connectivity index (χ3v) is 3.10. The molecule has 88 valence electrons. The van der Waals surface area contributed by atoms with Gasteiger partial charge in [-0.05, 0) is 24.6 Å². The summed E-state index contributed by atoms with van der Waals surface area (Å²) in [4.78, 5) is 1.90. The van der Waals surface area contributed by atoms with Gasteiger partial charge in [0.15, 0.2) is 0 Å². The molecule has 0 aliphatic carbocycles. The van der Waals surface area contributed by atoms with Gasteiger partial charge in [-0.15, -0.1) is 0 Å². The number of nitrogens with zero attached hydrogens (tertiary/aromatic N) is 1. The van der Waals surface area contributed by atoms with E-state index in [4.69, 9.17) is 0 Å². The number of hydrogen-bond donors (Lipinski definition) is 1. The van der Waals surface area contributed by atoms with Crippen molar-refractivity contribution in [3.63, 3.8) is 0 Å². The molecule has 1 fully saturated rings. The zero-order chi connectivity index (χ0) is 11.8. The van der Waals surface area contributed by atoms with Crippen LogP contribution in [0.5, 0.6) is 0 Å². The lowest BCUT2D eigenvalue weighted by atomic mass is 9.91. The van der Waals surface area contributed by atoms with Crippen molar-refractivity contribution in [2.24, 2.45) is 0 Å². The Kier molecular flexibility index (Phi) is 2.95. The van der Waals surface area contributed by atoms with Crippen molar-refractivity contribution >= 4 is 0 Å². The van der Waals surface area contributed by atoms with Crippen LogP contribution in [0.25, 0.3) is 0 Å². The highest BCUT2D eigenvalue weighted by Gasteiger charge is 2.39. The van der Waals surface area contributed by atoms with Crippen molar-refractivity contribution in [3.05, 3.63) is 35.4 Å². The minimum Gasteiger partial charge on any atom is -0.387 e. The highest BCUT2D eigenvalue weighted by atomic mass is 19.1. The van der Waals surface area contributed by atoms with Crippen molar-refractivity contribution in [2.75, 3.05) is 13.1 Å². The second-order valence-corrected chi connectivity index (χ2v) is 4.46. The van der Waals surface area contributed by atoms with Crippen LogP contribution in [-0.4, -0.2) is 28.7 Å². The molecule has 1 heterocycles. The molecule has 2 rings (SSSR count). The van der Waals surface area contributed by atoms with E-state index in [1.807, 2.05) is 11.8 Å². The highest BCUT2D eigenvalue weighted by Crippen LogP contribution is 2.26. The van der Waals surface area contributed by atoms with Crippen LogP contribution in [0.3, 0.4) is 0 Å². The van der Waals surface area contributed by atoms with E-state index in [-0.39, 0.29) is 0 Å². The van der Waals surface area contributed by atoms with Crippen LogP contribution in [-0.2, 0) is 6.54 Å². The van der Waals surface area contributed by atoms with E-state index in [0.717, 1.165) is 12.1 Å². The summed E-state index contributed by atoms with van der Waals surface area (Å²) >= 11 is 0. The van der Waals surface area contributed by atoms with Gasteiger partial charge in [-0.25, -0.2) is 8.78 Å². The molecule has 0 spiro atoms. The summed E-state index contributed by atoms with van der Waals surface area (Å²) in [6.07, 6.45) is 0.690. The minimum absolute atomic E-state index is 0.346. The van der Waals surface area contributed by atoms with Gasteiger partial charge in [0.1, 0.15) is 11.6 Å². The van der Waals surface area contributed by atoms with E-state index >= 15 is 0 Å². The van der Waals surface area contributed by atoms with Crippen LogP contribution in [0.15, 0.2) is 18.2 Å². The topological polar surface area (TPSA) is 23.5 Å². The van der Waals surface area contributed by atoms with E-state index < -0.39 is 17.2 Å².